The van der Waals surface area contributed by atoms with E-state index in [9.17, 15) is 9.59 Å². The zero-order chi connectivity index (χ0) is 16.4. The zero-order valence-corrected chi connectivity index (χ0v) is 14.0. The van der Waals surface area contributed by atoms with Gasteiger partial charge in [-0.25, -0.2) is 0 Å². The molecule has 1 aliphatic carbocycles. The summed E-state index contributed by atoms with van der Waals surface area (Å²) in [5.41, 5.74) is 2.00. The minimum Gasteiger partial charge on any atom is -0.353 e. The lowest BCUT2D eigenvalue weighted by atomic mass is 9.85. The van der Waals surface area contributed by atoms with E-state index in [2.05, 4.69) is 12.2 Å². The van der Waals surface area contributed by atoms with Gasteiger partial charge in [-0.1, -0.05) is 38.0 Å². The Hall–Kier alpha value is -1.84. The quantitative estimate of drug-likeness (QED) is 0.932. The van der Waals surface area contributed by atoms with Crippen LogP contribution in [0, 0.1) is 18.8 Å². The predicted molar refractivity (Wildman–Crippen MR) is 91.2 cm³/mol. The maximum Gasteiger partial charge on any atom is 0.227 e. The highest BCUT2D eigenvalue weighted by atomic mass is 16.2. The SMILES string of the molecule is Cc1ccccc1N1C[C@H](C(=O)N[C@H]2CCCC[C@H]2C)CC1=O. The largest absolute Gasteiger partial charge is 0.353 e. The summed E-state index contributed by atoms with van der Waals surface area (Å²) in [5, 5.41) is 3.20. The van der Waals surface area contributed by atoms with E-state index in [1.807, 2.05) is 31.2 Å². The summed E-state index contributed by atoms with van der Waals surface area (Å²) in [6, 6.07) is 8.14. The van der Waals surface area contributed by atoms with Gasteiger partial charge in [-0.15, -0.1) is 0 Å². The van der Waals surface area contributed by atoms with Gasteiger partial charge in [0.25, 0.3) is 0 Å². The van der Waals surface area contributed by atoms with E-state index in [4.69, 9.17) is 0 Å². The molecule has 1 saturated carbocycles. The summed E-state index contributed by atoms with van der Waals surface area (Å²) in [7, 11) is 0. The minimum atomic E-state index is -0.226. The van der Waals surface area contributed by atoms with Crippen LogP contribution in [0.2, 0.25) is 0 Å². The van der Waals surface area contributed by atoms with E-state index in [1.165, 1.54) is 19.3 Å². The van der Waals surface area contributed by atoms with Crippen LogP contribution in [0.25, 0.3) is 0 Å². The number of hydrogen-bond donors (Lipinski definition) is 1. The maximum absolute atomic E-state index is 12.6. The van der Waals surface area contributed by atoms with Crippen molar-refractivity contribution in [3.63, 3.8) is 0 Å². The Morgan fingerprint density at radius 3 is 2.70 bits per heavy atom. The summed E-state index contributed by atoms with van der Waals surface area (Å²) in [4.78, 5) is 26.7. The average molecular weight is 314 g/mol. The molecule has 2 fully saturated rings. The van der Waals surface area contributed by atoms with Gasteiger partial charge in [-0.2, -0.15) is 0 Å². The van der Waals surface area contributed by atoms with Crippen molar-refractivity contribution in [1.29, 1.82) is 0 Å². The second-order valence-corrected chi connectivity index (χ2v) is 7.07. The van der Waals surface area contributed by atoms with Gasteiger partial charge >= 0.3 is 0 Å². The predicted octanol–water partition coefficient (Wildman–Crippen LogP) is 3.04. The normalized spacial score (nSPS) is 28.0. The summed E-state index contributed by atoms with van der Waals surface area (Å²) in [6.07, 6.45) is 5.02. The molecule has 4 nitrogen and oxygen atoms in total. The first kappa shape index (κ1) is 16.0. The number of para-hydroxylation sites is 1. The summed E-state index contributed by atoms with van der Waals surface area (Å²) < 4.78 is 0. The van der Waals surface area contributed by atoms with Crippen LogP contribution in [0.1, 0.15) is 44.6 Å². The van der Waals surface area contributed by atoms with Crippen molar-refractivity contribution in [3.05, 3.63) is 29.8 Å². The Morgan fingerprint density at radius 1 is 1.22 bits per heavy atom. The van der Waals surface area contributed by atoms with Crippen LogP contribution in [0.5, 0.6) is 0 Å². The van der Waals surface area contributed by atoms with Crippen molar-refractivity contribution in [2.24, 2.45) is 11.8 Å². The summed E-state index contributed by atoms with van der Waals surface area (Å²) >= 11 is 0. The first-order chi connectivity index (χ1) is 11.1. The smallest absolute Gasteiger partial charge is 0.227 e. The van der Waals surface area contributed by atoms with E-state index >= 15 is 0 Å². The van der Waals surface area contributed by atoms with E-state index < -0.39 is 0 Å². The highest BCUT2D eigenvalue weighted by Gasteiger charge is 2.36. The average Bonchev–Trinajstić information content (AvgIpc) is 2.92. The fourth-order valence-corrected chi connectivity index (χ4v) is 3.81. The molecule has 0 aromatic heterocycles. The van der Waals surface area contributed by atoms with Crippen LogP contribution in [0.4, 0.5) is 5.69 Å². The number of amides is 2. The fraction of sp³-hybridized carbons (Fsp3) is 0.579. The number of anilines is 1. The molecule has 0 bridgehead atoms. The van der Waals surface area contributed by atoms with Crippen molar-refractivity contribution in [1.82, 2.24) is 5.32 Å². The van der Waals surface area contributed by atoms with Crippen molar-refractivity contribution < 1.29 is 9.59 Å². The van der Waals surface area contributed by atoms with Crippen molar-refractivity contribution in [2.45, 2.75) is 52.0 Å². The standard InChI is InChI=1S/C19H26N2O2/c1-13-7-3-5-9-16(13)20-19(23)15-11-18(22)21(12-15)17-10-6-4-8-14(17)2/h4,6,8,10,13,15-16H,3,5,7,9,11-12H2,1-2H3,(H,20,23)/t13-,15-,16+/m1/s1. The number of aryl methyl sites for hydroxylation is 1. The molecule has 0 spiro atoms. The Morgan fingerprint density at radius 2 is 1.96 bits per heavy atom. The van der Waals surface area contributed by atoms with Gasteiger partial charge in [0.05, 0.1) is 5.92 Å². The highest BCUT2D eigenvalue weighted by molar-refractivity contribution is 6.00. The van der Waals surface area contributed by atoms with Gasteiger partial charge < -0.3 is 10.2 Å². The van der Waals surface area contributed by atoms with Crippen molar-refractivity contribution in [2.75, 3.05) is 11.4 Å². The van der Waals surface area contributed by atoms with Crippen molar-refractivity contribution in [3.8, 4) is 0 Å². The molecular weight excluding hydrogens is 288 g/mol. The van der Waals surface area contributed by atoms with Crippen LogP contribution in [-0.2, 0) is 9.59 Å². The molecule has 1 aromatic carbocycles. The topological polar surface area (TPSA) is 49.4 Å². The molecule has 4 heteroatoms. The van der Waals surface area contributed by atoms with Crippen LogP contribution in [0.3, 0.4) is 0 Å². The van der Waals surface area contributed by atoms with Crippen LogP contribution >= 0.6 is 0 Å². The third kappa shape index (κ3) is 3.41. The molecule has 0 radical (unpaired) electrons. The monoisotopic (exact) mass is 314 g/mol. The Labute approximate surface area is 138 Å². The molecule has 3 rings (SSSR count). The van der Waals surface area contributed by atoms with Crippen LogP contribution < -0.4 is 10.2 Å². The number of benzene rings is 1. The molecule has 3 atom stereocenters. The lowest BCUT2D eigenvalue weighted by molar-refractivity contribution is -0.127. The van der Waals surface area contributed by atoms with Gasteiger partial charge in [0.15, 0.2) is 0 Å². The molecule has 1 N–H and O–H groups in total. The van der Waals surface area contributed by atoms with E-state index in [-0.39, 0.29) is 23.8 Å². The first-order valence-corrected chi connectivity index (χ1v) is 8.72. The van der Waals surface area contributed by atoms with Crippen LogP contribution in [-0.4, -0.2) is 24.4 Å². The molecule has 1 saturated heterocycles. The number of hydrogen-bond acceptors (Lipinski definition) is 2. The highest BCUT2D eigenvalue weighted by Crippen LogP contribution is 2.29. The number of nitrogens with one attached hydrogen (secondary N) is 1. The molecule has 23 heavy (non-hydrogen) atoms. The molecule has 2 aliphatic rings. The molecule has 1 aliphatic heterocycles. The van der Waals surface area contributed by atoms with Gasteiger partial charge in [0.2, 0.25) is 11.8 Å². The third-order valence-corrected chi connectivity index (χ3v) is 5.34. The molecule has 2 amide bonds. The summed E-state index contributed by atoms with van der Waals surface area (Å²) in [5.74, 6) is 0.415. The van der Waals surface area contributed by atoms with Crippen molar-refractivity contribution >= 4 is 17.5 Å². The number of nitrogens with zero attached hydrogens (tertiary/aromatic N) is 1. The molecule has 0 unspecified atom stereocenters. The molecule has 1 aromatic rings. The number of carbonyl (C=O) groups is 2. The maximum atomic E-state index is 12.6. The van der Waals surface area contributed by atoms with Gasteiger partial charge in [0, 0.05) is 24.7 Å². The first-order valence-electron chi connectivity index (χ1n) is 8.72. The molecule has 124 valence electrons. The summed E-state index contributed by atoms with van der Waals surface area (Å²) in [6.45, 7) is 4.71. The van der Waals surface area contributed by atoms with Gasteiger partial charge in [0.1, 0.15) is 0 Å². The van der Waals surface area contributed by atoms with E-state index in [0.29, 0.717) is 18.9 Å². The molecule has 1 heterocycles. The van der Waals surface area contributed by atoms with Crippen LogP contribution in [0.15, 0.2) is 24.3 Å². The third-order valence-electron chi connectivity index (χ3n) is 5.34. The zero-order valence-electron chi connectivity index (χ0n) is 14.0. The fourth-order valence-electron chi connectivity index (χ4n) is 3.81. The Kier molecular flexibility index (Phi) is 4.69. The van der Waals surface area contributed by atoms with Gasteiger partial charge in [-0.3, -0.25) is 9.59 Å². The number of rotatable bonds is 3. The van der Waals surface area contributed by atoms with E-state index in [0.717, 1.165) is 17.7 Å². The second kappa shape index (κ2) is 6.73. The Bertz CT molecular complexity index is 599. The van der Waals surface area contributed by atoms with E-state index in [1.54, 1.807) is 4.90 Å². The lowest BCUT2D eigenvalue weighted by Gasteiger charge is -2.30. The second-order valence-electron chi connectivity index (χ2n) is 7.07. The number of carbonyl (C=O) groups excluding carboxylic acids is 2. The molecular formula is C19H26N2O2. The Balaban J connectivity index is 1.65. The van der Waals surface area contributed by atoms with Gasteiger partial charge in [-0.05, 0) is 37.3 Å². The minimum absolute atomic E-state index is 0.0492. The lowest BCUT2D eigenvalue weighted by Crippen LogP contribution is -2.44.